The smallest absolute Gasteiger partial charge is 0.00933 e. The highest BCUT2D eigenvalue weighted by Crippen LogP contribution is 2.25. The summed E-state index contributed by atoms with van der Waals surface area (Å²) in [5, 5.41) is 3.45. The highest BCUT2D eigenvalue weighted by Gasteiger charge is 2.25. The minimum absolute atomic E-state index is 0.640. The van der Waals surface area contributed by atoms with Gasteiger partial charge in [-0.3, -0.25) is 0 Å². The molecule has 13 heavy (non-hydrogen) atoms. The average Bonchev–Trinajstić information content (AvgIpc) is 2.85. The largest absolute Gasteiger partial charge is 0.315 e. The van der Waals surface area contributed by atoms with Gasteiger partial charge in [0, 0.05) is 12.1 Å². The molecule has 0 spiro atoms. The van der Waals surface area contributed by atoms with Crippen LogP contribution >= 0.6 is 0 Å². The molecule has 1 fully saturated rings. The monoisotopic (exact) mass is 184 g/mol. The fourth-order valence-electron chi connectivity index (χ4n) is 1.57. The highest BCUT2D eigenvalue weighted by atomic mass is 15.1. The molecule has 0 aromatic rings. The number of nitrogens with zero attached hydrogens (tertiary/aromatic N) is 1. The summed E-state index contributed by atoms with van der Waals surface area (Å²) in [5.41, 5.74) is 0. The normalized spacial score (nSPS) is 17.3. The van der Waals surface area contributed by atoms with Crippen LogP contribution < -0.4 is 5.32 Å². The third-order valence-corrected chi connectivity index (χ3v) is 2.66. The Morgan fingerprint density at radius 2 is 2.00 bits per heavy atom. The highest BCUT2D eigenvalue weighted by molar-refractivity contribution is 4.82. The molecule has 1 rings (SSSR count). The number of hydrogen-bond acceptors (Lipinski definition) is 2. The van der Waals surface area contributed by atoms with Gasteiger partial charge in [-0.05, 0) is 45.8 Å². The maximum absolute atomic E-state index is 3.45. The van der Waals surface area contributed by atoms with Crippen molar-refractivity contribution in [3.8, 4) is 0 Å². The van der Waals surface area contributed by atoms with Gasteiger partial charge in [-0.1, -0.05) is 13.8 Å². The lowest BCUT2D eigenvalue weighted by Gasteiger charge is -2.15. The van der Waals surface area contributed by atoms with Gasteiger partial charge < -0.3 is 10.2 Å². The Morgan fingerprint density at radius 1 is 1.31 bits per heavy atom. The van der Waals surface area contributed by atoms with Gasteiger partial charge in [0.15, 0.2) is 0 Å². The fourth-order valence-corrected chi connectivity index (χ4v) is 1.57. The van der Waals surface area contributed by atoms with Crippen LogP contribution in [0, 0.1) is 0 Å². The molecular formula is C11H24N2. The van der Waals surface area contributed by atoms with Crippen molar-refractivity contribution in [1.29, 1.82) is 0 Å². The van der Waals surface area contributed by atoms with Crippen LogP contribution in [-0.4, -0.2) is 37.1 Å². The van der Waals surface area contributed by atoms with Gasteiger partial charge >= 0.3 is 0 Å². The second kappa shape index (κ2) is 5.61. The number of unbranched alkanes of at least 4 members (excludes halogenated alkanes) is 1. The first kappa shape index (κ1) is 11.0. The van der Waals surface area contributed by atoms with Crippen molar-refractivity contribution < 1.29 is 0 Å². The standard InChI is InChI=1S/C11H24N2/c1-10(2)12-8-4-5-9-13(3)11-6-7-11/h10-12H,4-9H2,1-3H3. The van der Waals surface area contributed by atoms with Gasteiger partial charge in [0.05, 0.1) is 0 Å². The van der Waals surface area contributed by atoms with Crippen LogP contribution in [0.2, 0.25) is 0 Å². The van der Waals surface area contributed by atoms with Gasteiger partial charge in [0.1, 0.15) is 0 Å². The summed E-state index contributed by atoms with van der Waals surface area (Å²) in [6.45, 7) is 6.87. The quantitative estimate of drug-likeness (QED) is 0.608. The molecule has 2 nitrogen and oxygen atoms in total. The van der Waals surface area contributed by atoms with E-state index >= 15 is 0 Å². The maximum Gasteiger partial charge on any atom is 0.00933 e. The molecule has 0 aliphatic heterocycles. The Morgan fingerprint density at radius 3 is 2.54 bits per heavy atom. The summed E-state index contributed by atoms with van der Waals surface area (Å²) in [6.07, 6.45) is 5.52. The third-order valence-electron chi connectivity index (χ3n) is 2.66. The van der Waals surface area contributed by atoms with Crippen LogP contribution in [0.3, 0.4) is 0 Å². The summed E-state index contributed by atoms with van der Waals surface area (Å²) < 4.78 is 0. The van der Waals surface area contributed by atoms with Crippen LogP contribution in [-0.2, 0) is 0 Å². The number of rotatable bonds is 7. The van der Waals surface area contributed by atoms with E-state index < -0.39 is 0 Å². The molecule has 1 aliphatic rings. The van der Waals surface area contributed by atoms with Crippen molar-refractivity contribution in [1.82, 2.24) is 10.2 Å². The van der Waals surface area contributed by atoms with Gasteiger partial charge in [0.25, 0.3) is 0 Å². The van der Waals surface area contributed by atoms with Crippen molar-refractivity contribution in [2.75, 3.05) is 20.1 Å². The van der Waals surface area contributed by atoms with Crippen molar-refractivity contribution in [3.63, 3.8) is 0 Å². The van der Waals surface area contributed by atoms with E-state index in [9.17, 15) is 0 Å². The van der Waals surface area contributed by atoms with Crippen molar-refractivity contribution in [3.05, 3.63) is 0 Å². The third kappa shape index (κ3) is 5.27. The first-order valence-electron chi connectivity index (χ1n) is 5.64. The first-order chi connectivity index (χ1) is 6.20. The van der Waals surface area contributed by atoms with E-state index in [0.29, 0.717) is 6.04 Å². The van der Waals surface area contributed by atoms with Crippen LogP contribution in [0.25, 0.3) is 0 Å². The summed E-state index contributed by atoms with van der Waals surface area (Å²) in [4.78, 5) is 2.51. The lowest BCUT2D eigenvalue weighted by Crippen LogP contribution is -2.26. The number of nitrogens with one attached hydrogen (secondary N) is 1. The first-order valence-corrected chi connectivity index (χ1v) is 5.64. The Kier molecular flexibility index (Phi) is 4.74. The second-order valence-electron chi connectivity index (χ2n) is 4.53. The molecule has 0 aromatic heterocycles. The van der Waals surface area contributed by atoms with Crippen LogP contribution in [0.1, 0.15) is 39.5 Å². The molecule has 0 bridgehead atoms. The van der Waals surface area contributed by atoms with Crippen LogP contribution in [0.15, 0.2) is 0 Å². The van der Waals surface area contributed by atoms with E-state index in [4.69, 9.17) is 0 Å². The zero-order valence-electron chi connectivity index (χ0n) is 9.34. The molecule has 1 saturated carbocycles. The van der Waals surface area contributed by atoms with E-state index in [1.165, 1.54) is 38.8 Å². The van der Waals surface area contributed by atoms with E-state index in [1.807, 2.05) is 0 Å². The molecule has 1 N–H and O–H groups in total. The molecular weight excluding hydrogens is 160 g/mol. The Balaban J connectivity index is 1.83. The van der Waals surface area contributed by atoms with Gasteiger partial charge in [-0.15, -0.1) is 0 Å². The topological polar surface area (TPSA) is 15.3 Å². The molecule has 0 radical (unpaired) electrons. The van der Waals surface area contributed by atoms with E-state index in [0.717, 1.165) is 6.04 Å². The Labute approximate surface area is 82.7 Å². The van der Waals surface area contributed by atoms with E-state index in [-0.39, 0.29) is 0 Å². The average molecular weight is 184 g/mol. The fraction of sp³-hybridized carbons (Fsp3) is 1.00. The van der Waals surface area contributed by atoms with Gasteiger partial charge in [-0.25, -0.2) is 0 Å². The lowest BCUT2D eigenvalue weighted by atomic mass is 10.2. The molecule has 2 heteroatoms. The summed E-state index contributed by atoms with van der Waals surface area (Å²) >= 11 is 0. The minimum Gasteiger partial charge on any atom is -0.315 e. The van der Waals surface area contributed by atoms with E-state index in [1.54, 1.807) is 0 Å². The zero-order chi connectivity index (χ0) is 9.68. The predicted molar refractivity (Wildman–Crippen MR) is 58.0 cm³/mol. The van der Waals surface area contributed by atoms with Crippen molar-refractivity contribution in [2.24, 2.45) is 0 Å². The second-order valence-corrected chi connectivity index (χ2v) is 4.53. The molecule has 1 aliphatic carbocycles. The van der Waals surface area contributed by atoms with Crippen molar-refractivity contribution in [2.45, 2.75) is 51.6 Å². The predicted octanol–water partition coefficient (Wildman–Crippen LogP) is 1.86. The minimum atomic E-state index is 0.640. The molecule has 0 atom stereocenters. The van der Waals surface area contributed by atoms with Gasteiger partial charge in [-0.2, -0.15) is 0 Å². The molecule has 0 aromatic carbocycles. The lowest BCUT2D eigenvalue weighted by molar-refractivity contribution is 0.314. The Bertz CT molecular complexity index is 130. The van der Waals surface area contributed by atoms with E-state index in [2.05, 4.69) is 31.1 Å². The molecule has 0 amide bonds. The summed E-state index contributed by atoms with van der Waals surface area (Å²) in [5.74, 6) is 0. The van der Waals surface area contributed by atoms with Crippen molar-refractivity contribution >= 4 is 0 Å². The summed E-state index contributed by atoms with van der Waals surface area (Å²) in [7, 11) is 2.26. The van der Waals surface area contributed by atoms with Gasteiger partial charge in [0.2, 0.25) is 0 Å². The van der Waals surface area contributed by atoms with Crippen LogP contribution in [0.5, 0.6) is 0 Å². The molecule has 78 valence electrons. The molecule has 0 unspecified atom stereocenters. The Hall–Kier alpha value is -0.0800. The molecule has 0 saturated heterocycles. The SMILES string of the molecule is CC(C)NCCCCN(C)C1CC1. The maximum atomic E-state index is 3.45. The zero-order valence-corrected chi connectivity index (χ0v) is 9.34. The van der Waals surface area contributed by atoms with Crippen LogP contribution in [0.4, 0.5) is 0 Å². The summed E-state index contributed by atoms with van der Waals surface area (Å²) in [6, 6.07) is 1.57. The number of hydrogen-bond donors (Lipinski definition) is 1. The molecule has 0 heterocycles.